The summed E-state index contributed by atoms with van der Waals surface area (Å²) in [6.07, 6.45) is 3.24. The van der Waals surface area contributed by atoms with Gasteiger partial charge in [-0.1, -0.05) is 48.0 Å². The first-order valence-corrected chi connectivity index (χ1v) is 14.5. The molecule has 0 fully saturated rings. The summed E-state index contributed by atoms with van der Waals surface area (Å²) in [5.41, 5.74) is 4.42. The smallest absolute Gasteiger partial charge is 0.408 e. The minimum atomic E-state index is -0.952. The van der Waals surface area contributed by atoms with Crippen LogP contribution in [0.5, 0.6) is 0 Å². The summed E-state index contributed by atoms with van der Waals surface area (Å²) in [6, 6.07) is 9.84. The predicted molar refractivity (Wildman–Crippen MR) is 161 cm³/mol. The van der Waals surface area contributed by atoms with Gasteiger partial charge in [-0.15, -0.1) is 6.58 Å². The van der Waals surface area contributed by atoms with Crippen molar-refractivity contribution in [3.05, 3.63) is 76.9 Å². The van der Waals surface area contributed by atoms with Crippen molar-refractivity contribution in [2.45, 2.75) is 72.6 Å². The Hall–Kier alpha value is -3.26. The number of alkyl carbamates (subject to hydrolysis) is 1. The predicted octanol–water partition coefficient (Wildman–Crippen LogP) is 6.26. The molecule has 2 aromatic carbocycles. The standard InChI is InChI=1S/C31H43N3O4S/c1-10-17-34(29(36)25(16-18-39-9)32-30(37)38-31(6,7)8)27(24-19-20(2)14-15-21(24)3)28(35)33-26-22(4)12-11-13-23(26)5/h10-15,19,25,27H,1,16-18H2,2-9H3,(H,32,37)(H,33,35). The van der Waals surface area contributed by atoms with E-state index in [-0.39, 0.29) is 18.4 Å². The van der Waals surface area contributed by atoms with Crippen LogP contribution in [0.1, 0.15) is 61.1 Å². The number of nitrogens with one attached hydrogen (secondary N) is 2. The summed E-state index contributed by atoms with van der Waals surface area (Å²) in [5.74, 6) is -0.0776. The average molecular weight is 554 g/mol. The Labute approximate surface area is 237 Å². The lowest BCUT2D eigenvalue weighted by atomic mass is 9.95. The average Bonchev–Trinajstić information content (AvgIpc) is 2.84. The van der Waals surface area contributed by atoms with Crippen LogP contribution >= 0.6 is 11.8 Å². The highest BCUT2D eigenvalue weighted by molar-refractivity contribution is 7.98. The molecule has 212 valence electrons. The van der Waals surface area contributed by atoms with Crippen molar-refractivity contribution in [3.8, 4) is 0 Å². The van der Waals surface area contributed by atoms with E-state index in [1.807, 2.05) is 70.3 Å². The molecule has 7 nitrogen and oxygen atoms in total. The van der Waals surface area contributed by atoms with Crippen LogP contribution in [-0.2, 0) is 14.3 Å². The molecule has 39 heavy (non-hydrogen) atoms. The van der Waals surface area contributed by atoms with Gasteiger partial charge in [0.1, 0.15) is 17.7 Å². The van der Waals surface area contributed by atoms with E-state index in [1.54, 1.807) is 38.6 Å². The van der Waals surface area contributed by atoms with E-state index in [9.17, 15) is 14.4 Å². The number of amides is 3. The highest BCUT2D eigenvalue weighted by Gasteiger charge is 2.36. The molecule has 8 heteroatoms. The van der Waals surface area contributed by atoms with E-state index in [4.69, 9.17) is 4.74 Å². The van der Waals surface area contributed by atoms with Crippen molar-refractivity contribution >= 4 is 35.4 Å². The Morgan fingerprint density at radius 1 is 1.05 bits per heavy atom. The van der Waals surface area contributed by atoms with E-state index in [2.05, 4.69) is 17.2 Å². The number of hydrogen-bond acceptors (Lipinski definition) is 5. The lowest BCUT2D eigenvalue weighted by Crippen LogP contribution is -2.52. The quantitative estimate of drug-likeness (QED) is 0.321. The summed E-state index contributed by atoms with van der Waals surface area (Å²) in [5, 5.41) is 5.84. The van der Waals surface area contributed by atoms with Gasteiger partial charge in [0, 0.05) is 12.2 Å². The molecule has 0 saturated heterocycles. The Kier molecular flexibility index (Phi) is 11.6. The maximum atomic E-state index is 14.2. The SMILES string of the molecule is C=CCN(C(=O)C(CCSC)NC(=O)OC(C)(C)C)C(C(=O)Nc1c(C)cccc1C)c1cc(C)ccc1C. The maximum Gasteiger partial charge on any atom is 0.408 e. The molecule has 0 aliphatic rings. The van der Waals surface area contributed by atoms with Gasteiger partial charge in [0.2, 0.25) is 5.91 Å². The second kappa shape index (κ2) is 14.2. The first-order chi connectivity index (χ1) is 18.3. The monoisotopic (exact) mass is 553 g/mol. The third kappa shape index (κ3) is 9.17. The van der Waals surface area contributed by atoms with Crippen molar-refractivity contribution in [2.75, 3.05) is 23.9 Å². The maximum absolute atomic E-state index is 14.2. The van der Waals surface area contributed by atoms with Crippen LogP contribution in [0, 0.1) is 27.7 Å². The third-order valence-electron chi connectivity index (χ3n) is 6.23. The number of benzene rings is 2. The number of nitrogens with zero attached hydrogens (tertiary/aromatic N) is 1. The number of ether oxygens (including phenoxy) is 1. The van der Waals surface area contributed by atoms with Crippen LogP contribution in [0.3, 0.4) is 0 Å². The van der Waals surface area contributed by atoms with Crippen molar-refractivity contribution in [2.24, 2.45) is 0 Å². The van der Waals surface area contributed by atoms with E-state index in [0.717, 1.165) is 33.5 Å². The topological polar surface area (TPSA) is 87.7 Å². The van der Waals surface area contributed by atoms with Gasteiger partial charge in [-0.05, 0) is 89.1 Å². The molecule has 2 aromatic rings. The normalized spacial score (nSPS) is 12.7. The van der Waals surface area contributed by atoms with Gasteiger partial charge in [0.15, 0.2) is 0 Å². The molecule has 0 radical (unpaired) electrons. The van der Waals surface area contributed by atoms with E-state index >= 15 is 0 Å². The number of carbonyl (C=O) groups is 3. The van der Waals surface area contributed by atoms with Crippen LogP contribution in [0.25, 0.3) is 0 Å². The Balaban J connectivity index is 2.59. The second-order valence-electron chi connectivity index (χ2n) is 10.8. The van der Waals surface area contributed by atoms with E-state index in [1.165, 1.54) is 4.90 Å². The molecule has 2 rings (SSSR count). The van der Waals surface area contributed by atoms with Gasteiger partial charge < -0.3 is 20.3 Å². The number of para-hydroxylation sites is 1. The van der Waals surface area contributed by atoms with Crippen molar-refractivity contribution in [1.82, 2.24) is 10.2 Å². The van der Waals surface area contributed by atoms with Crippen molar-refractivity contribution in [3.63, 3.8) is 0 Å². The van der Waals surface area contributed by atoms with Gasteiger partial charge in [0.25, 0.3) is 5.91 Å². The summed E-state index contributed by atoms with van der Waals surface area (Å²) in [7, 11) is 0. The van der Waals surface area contributed by atoms with E-state index in [0.29, 0.717) is 12.2 Å². The third-order valence-corrected chi connectivity index (χ3v) is 6.87. The zero-order chi connectivity index (χ0) is 29.3. The van der Waals surface area contributed by atoms with Gasteiger partial charge in [0.05, 0.1) is 0 Å². The number of aryl methyl sites for hydroxylation is 4. The molecule has 2 N–H and O–H groups in total. The van der Waals surface area contributed by atoms with Gasteiger partial charge in [-0.2, -0.15) is 11.8 Å². The summed E-state index contributed by atoms with van der Waals surface area (Å²) in [4.78, 5) is 42.4. The second-order valence-corrected chi connectivity index (χ2v) is 11.8. The van der Waals surface area contributed by atoms with Crippen LogP contribution in [0.2, 0.25) is 0 Å². The molecule has 0 bridgehead atoms. The van der Waals surface area contributed by atoms with Crippen LogP contribution in [-0.4, -0.2) is 53.0 Å². The summed E-state index contributed by atoms with van der Waals surface area (Å²) >= 11 is 1.57. The molecular weight excluding hydrogens is 510 g/mol. The van der Waals surface area contributed by atoms with Crippen molar-refractivity contribution in [1.29, 1.82) is 0 Å². The summed E-state index contributed by atoms with van der Waals surface area (Å²) < 4.78 is 5.44. The molecule has 0 spiro atoms. The summed E-state index contributed by atoms with van der Waals surface area (Å²) in [6.45, 7) is 17.0. The Morgan fingerprint density at radius 2 is 1.69 bits per heavy atom. The molecule has 2 unspecified atom stereocenters. The number of hydrogen-bond donors (Lipinski definition) is 2. The minimum absolute atomic E-state index is 0.114. The zero-order valence-corrected chi connectivity index (χ0v) is 25.3. The molecule has 0 aliphatic carbocycles. The fraction of sp³-hybridized carbons (Fsp3) is 0.452. The largest absolute Gasteiger partial charge is 0.444 e. The first-order valence-electron chi connectivity index (χ1n) is 13.1. The van der Waals surface area contributed by atoms with Gasteiger partial charge in [-0.3, -0.25) is 9.59 Å². The Morgan fingerprint density at radius 3 is 2.26 bits per heavy atom. The first kappa shape index (κ1) is 32.0. The van der Waals surface area contributed by atoms with Crippen LogP contribution in [0.15, 0.2) is 49.1 Å². The highest BCUT2D eigenvalue weighted by Crippen LogP contribution is 2.30. The number of thioether (sulfide) groups is 1. The van der Waals surface area contributed by atoms with Gasteiger partial charge in [-0.25, -0.2) is 4.79 Å². The van der Waals surface area contributed by atoms with Crippen LogP contribution < -0.4 is 10.6 Å². The molecule has 0 heterocycles. The fourth-order valence-electron chi connectivity index (χ4n) is 4.31. The molecule has 0 aliphatic heterocycles. The van der Waals surface area contributed by atoms with E-state index < -0.39 is 23.8 Å². The lowest BCUT2D eigenvalue weighted by molar-refractivity contribution is -0.140. The fourth-order valence-corrected chi connectivity index (χ4v) is 4.78. The molecule has 2 atom stereocenters. The number of anilines is 1. The molecule has 0 saturated carbocycles. The van der Waals surface area contributed by atoms with Gasteiger partial charge >= 0.3 is 6.09 Å². The molecule has 3 amide bonds. The molecular formula is C31H43N3O4S. The molecule has 0 aromatic heterocycles. The van der Waals surface area contributed by atoms with Crippen molar-refractivity contribution < 1.29 is 19.1 Å². The Bertz CT molecular complexity index is 1170. The minimum Gasteiger partial charge on any atom is -0.444 e. The lowest BCUT2D eigenvalue weighted by Gasteiger charge is -2.34. The number of rotatable bonds is 11. The highest BCUT2D eigenvalue weighted by atomic mass is 32.2. The van der Waals surface area contributed by atoms with Crippen LogP contribution in [0.4, 0.5) is 10.5 Å². The number of carbonyl (C=O) groups excluding carboxylic acids is 3. The zero-order valence-electron chi connectivity index (χ0n) is 24.5.